The summed E-state index contributed by atoms with van der Waals surface area (Å²) in [7, 11) is 1.62. The van der Waals surface area contributed by atoms with Gasteiger partial charge in [0, 0.05) is 6.07 Å². The minimum absolute atomic E-state index is 0.115. The topological polar surface area (TPSA) is 64.7 Å². The van der Waals surface area contributed by atoms with Gasteiger partial charge >= 0.3 is 0 Å². The molecule has 0 aliphatic rings. The van der Waals surface area contributed by atoms with Gasteiger partial charge in [-0.05, 0) is 42.8 Å². The molecule has 0 unspecified atom stereocenters. The number of benzene rings is 2. The van der Waals surface area contributed by atoms with E-state index in [2.05, 4.69) is 0 Å². The number of methoxy groups -OCH3 is 1. The predicted molar refractivity (Wildman–Crippen MR) is 70.3 cm³/mol. The molecule has 0 heterocycles. The summed E-state index contributed by atoms with van der Waals surface area (Å²) in [5.74, 6) is 1.99. The first-order chi connectivity index (χ1) is 8.60. The van der Waals surface area contributed by atoms with Crippen LogP contribution in [-0.4, -0.2) is 12.2 Å². The van der Waals surface area contributed by atoms with Crippen molar-refractivity contribution in [1.82, 2.24) is 0 Å². The highest BCUT2D eigenvalue weighted by atomic mass is 16.5. The molecule has 4 nitrogen and oxygen atoms in total. The molecule has 0 aliphatic heterocycles. The molecule has 0 spiro atoms. The first-order valence-electron chi connectivity index (χ1n) is 5.51. The first-order valence-corrected chi connectivity index (χ1v) is 5.51. The van der Waals surface area contributed by atoms with Crippen LogP contribution in [0.5, 0.6) is 23.0 Å². The summed E-state index contributed by atoms with van der Waals surface area (Å²) in [5.41, 5.74) is 7.21. The number of anilines is 1. The zero-order valence-electron chi connectivity index (χ0n) is 10.3. The minimum atomic E-state index is 0.115. The highest BCUT2D eigenvalue weighted by Crippen LogP contribution is 2.32. The largest absolute Gasteiger partial charge is 0.508 e. The second-order valence-electron chi connectivity index (χ2n) is 3.96. The predicted octanol–water partition coefficient (Wildman–Crippen LogP) is 3.08. The third-order valence-electron chi connectivity index (χ3n) is 2.59. The average Bonchev–Trinajstić information content (AvgIpc) is 2.34. The van der Waals surface area contributed by atoms with Crippen LogP contribution in [-0.2, 0) is 0 Å². The van der Waals surface area contributed by atoms with Gasteiger partial charge in [0.05, 0.1) is 12.8 Å². The number of nitrogens with two attached hydrogens (primary N) is 1. The second-order valence-corrected chi connectivity index (χ2v) is 3.96. The Morgan fingerprint density at radius 1 is 1.06 bits per heavy atom. The van der Waals surface area contributed by atoms with E-state index >= 15 is 0 Å². The average molecular weight is 245 g/mol. The Labute approximate surface area is 106 Å². The number of hydrogen-bond donors (Lipinski definition) is 2. The van der Waals surface area contributed by atoms with Crippen molar-refractivity contribution in [3.05, 3.63) is 42.0 Å². The molecule has 94 valence electrons. The summed E-state index contributed by atoms with van der Waals surface area (Å²) in [4.78, 5) is 0. The summed E-state index contributed by atoms with van der Waals surface area (Å²) >= 11 is 0. The summed E-state index contributed by atoms with van der Waals surface area (Å²) < 4.78 is 10.8. The molecule has 2 aromatic carbocycles. The molecule has 2 rings (SSSR count). The molecule has 0 amide bonds. The lowest BCUT2D eigenvalue weighted by molar-refractivity contribution is 0.409. The highest BCUT2D eigenvalue weighted by Gasteiger charge is 2.05. The maximum atomic E-state index is 9.40. The van der Waals surface area contributed by atoms with Crippen LogP contribution in [0.25, 0.3) is 0 Å². The van der Waals surface area contributed by atoms with Gasteiger partial charge in [0.1, 0.15) is 17.2 Å². The van der Waals surface area contributed by atoms with Gasteiger partial charge in [0.25, 0.3) is 0 Å². The van der Waals surface area contributed by atoms with E-state index in [1.54, 1.807) is 19.2 Å². The lowest BCUT2D eigenvalue weighted by atomic mass is 10.2. The van der Waals surface area contributed by atoms with E-state index in [1.807, 2.05) is 19.1 Å². The number of phenols is 1. The molecule has 18 heavy (non-hydrogen) atoms. The Kier molecular flexibility index (Phi) is 3.28. The van der Waals surface area contributed by atoms with Crippen LogP contribution in [0.15, 0.2) is 36.4 Å². The molecule has 4 heteroatoms. The van der Waals surface area contributed by atoms with Crippen molar-refractivity contribution in [2.75, 3.05) is 12.8 Å². The number of ether oxygens (including phenoxy) is 2. The minimum Gasteiger partial charge on any atom is -0.508 e. The van der Waals surface area contributed by atoms with E-state index in [1.165, 1.54) is 12.1 Å². The fourth-order valence-electron chi connectivity index (χ4n) is 1.65. The molecule has 0 saturated heterocycles. The molecule has 2 aromatic rings. The van der Waals surface area contributed by atoms with Gasteiger partial charge in [-0.2, -0.15) is 0 Å². The molecule has 0 saturated carbocycles. The van der Waals surface area contributed by atoms with Crippen molar-refractivity contribution in [1.29, 1.82) is 0 Å². The van der Waals surface area contributed by atoms with Crippen molar-refractivity contribution >= 4 is 5.69 Å². The van der Waals surface area contributed by atoms with Crippen LogP contribution in [0.3, 0.4) is 0 Å². The van der Waals surface area contributed by atoms with E-state index < -0.39 is 0 Å². The van der Waals surface area contributed by atoms with Crippen LogP contribution in [0, 0.1) is 6.92 Å². The summed E-state index contributed by atoms with van der Waals surface area (Å²) in [6, 6.07) is 10.1. The Hall–Kier alpha value is -2.36. The monoisotopic (exact) mass is 245 g/mol. The number of nitrogen functional groups attached to an aromatic ring is 1. The Morgan fingerprint density at radius 3 is 2.50 bits per heavy atom. The molecule has 0 atom stereocenters. The fraction of sp³-hybridized carbons (Fsp3) is 0.143. The summed E-state index contributed by atoms with van der Waals surface area (Å²) in [6.45, 7) is 1.93. The molecule has 0 bridgehead atoms. The van der Waals surface area contributed by atoms with E-state index in [-0.39, 0.29) is 5.75 Å². The Bertz CT molecular complexity index is 567. The van der Waals surface area contributed by atoms with Crippen LogP contribution in [0.4, 0.5) is 5.69 Å². The van der Waals surface area contributed by atoms with E-state index in [4.69, 9.17) is 15.2 Å². The van der Waals surface area contributed by atoms with Gasteiger partial charge in [-0.1, -0.05) is 0 Å². The van der Waals surface area contributed by atoms with Gasteiger partial charge in [-0.15, -0.1) is 0 Å². The molecule has 0 fully saturated rings. The highest BCUT2D eigenvalue weighted by molar-refractivity contribution is 5.57. The maximum Gasteiger partial charge on any atom is 0.153 e. The number of aryl methyl sites for hydroxylation is 1. The number of aromatic hydroxyl groups is 1. The second kappa shape index (κ2) is 4.87. The molecule has 3 N–H and O–H groups in total. The third kappa shape index (κ3) is 2.48. The van der Waals surface area contributed by atoms with Crippen molar-refractivity contribution in [3.8, 4) is 23.0 Å². The lowest BCUT2D eigenvalue weighted by Crippen LogP contribution is -1.93. The normalized spacial score (nSPS) is 10.1. The van der Waals surface area contributed by atoms with Gasteiger partial charge in [0.15, 0.2) is 5.75 Å². The third-order valence-corrected chi connectivity index (χ3v) is 2.59. The van der Waals surface area contributed by atoms with Crippen LogP contribution in [0.1, 0.15) is 5.56 Å². The molecule has 0 radical (unpaired) electrons. The summed E-state index contributed by atoms with van der Waals surface area (Å²) in [6.07, 6.45) is 0. The van der Waals surface area contributed by atoms with Crippen molar-refractivity contribution in [3.63, 3.8) is 0 Å². The smallest absolute Gasteiger partial charge is 0.153 e. The van der Waals surface area contributed by atoms with E-state index in [0.717, 1.165) is 11.3 Å². The fourth-order valence-corrected chi connectivity index (χ4v) is 1.65. The summed E-state index contributed by atoms with van der Waals surface area (Å²) in [5, 5.41) is 9.40. The quantitative estimate of drug-likeness (QED) is 0.644. The zero-order chi connectivity index (χ0) is 13.1. The van der Waals surface area contributed by atoms with Crippen molar-refractivity contribution in [2.24, 2.45) is 0 Å². The van der Waals surface area contributed by atoms with Gasteiger partial charge in [-0.25, -0.2) is 0 Å². The van der Waals surface area contributed by atoms with Crippen LogP contribution in [0.2, 0.25) is 0 Å². The Balaban J connectivity index is 2.28. The lowest BCUT2D eigenvalue weighted by Gasteiger charge is -2.11. The first kappa shape index (κ1) is 12.1. The van der Waals surface area contributed by atoms with Crippen LogP contribution < -0.4 is 15.2 Å². The molecule has 0 aliphatic carbocycles. The maximum absolute atomic E-state index is 9.40. The van der Waals surface area contributed by atoms with Crippen molar-refractivity contribution < 1.29 is 14.6 Å². The SMILES string of the molecule is COc1ccc(Oc2cc(O)ccc2N)cc1C. The zero-order valence-corrected chi connectivity index (χ0v) is 10.3. The molecular formula is C14H15NO3. The molecular weight excluding hydrogens is 230 g/mol. The van der Waals surface area contributed by atoms with Gasteiger partial charge in [0.2, 0.25) is 0 Å². The Morgan fingerprint density at radius 2 is 1.83 bits per heavy atom. The van der Waals surface area contributed by atoms with Crippen molar-refractivity contribution in [2.45, 2.75) is 6.92 Å². The molecule has 0 aromatic heterocycles. The van der Waals surface area contributed by atoms with E-state index in [9.17, 15) is 5.11 Å². The standard InChI is InChI=1S/C14H15NO3/c1-9-7-11(4-6-13(9)17-2)18-14-8-10(16)3-5-12(14)15/h3-8,16H,15H2,1-2H3. The number of phenolic OH excluding ortho intramolecular Hbond substituents is 1. The number of hydrogen-bond acceptors (Lipinski definition) is 4. The van der Waals surface area contributed by atoms with Gasteiger partial charge < -0.3 is 20.3 Å². The van der Waals surface area contributed by atoms with E-state index in [0.29, 0.717) is 17.2 Å². The van der Waals surface area contributed by atoms with Gasteiger partial charge in [-0.3, -0.25) is 0 Å². The number of rotatable bonds is 3. The van der Waals surface area contributed by atoms with Crippen LogP contribution >= 0.6 is 0 Å².